The van der Waals surface area contributed by atoms with Crippen molar-refractivity contribution in [1.29, 1.82) is 0 Å². The van der Waals surface area contributed by atoms with Crippen LogP contribution >= 0.6 is 0 Å². The zero-order chi connectivity index (χ0) is 33.5. The van der Waals surface area contributed by atoms with E-state index in [1.54, 1.807) is 12.4 Å². The Balaban J connectivity index is 1.66. The number of aryl methyl sites for hydroxylation is 2. The molecule has 0 amide bonds. The molecule has 0 bridgehead atoms. The number of nitrogens with zero attached hydrogens (tertiary/aromatic N) is 2. The molecule has 0 fully saturated rings. The summed E-state index contributed by atoms with van der Waals surface area (Å²) in [7, 11) is 0. The van der Waals surface area contributed by atoms with Gasteiger partial charge in [0.2, 0.25) is 0 Å². The molecule has 0 N–H and O–H groups in total. The van der Waals surface area contributed by atoms with Crippen LogP contribution in [0.2, 0.25) is 0 Å². The number of rotatable bonds is 18. The number of hydrogen-bond donors (Lipinski definition) is 0. The Bertz CT molecular complexity index is 1180. The minimum atomic E-state index is -7.84. The molecule has 15 heteroatoms. The fourth-order valence-electron chi connectivity index (χ4n) is 4.50. The maximum absolute atomic E-state index is 13.8. The Kier molecular flexibility index (Phi) is 12.5. The van der Waals surface area contributed by atoms with Crippen LogP contribution in [-0.4, -0.2) is 45.8 Å². The molecule has 2 aromatic rings. The molecule has 2 rings (SSSR count). The second kappa shape index (κ2) is 14.7. The third-order valence-corrected chi connectivity index (χ3v) is 7.21. The van der Waals surface area contributed by atoms with Gasteiger partial charge in [-0.05, 0) is 61.6 Å². The lowest BCUT2D eigenvalue weighted by Crippen LogP contribution is -2.70. The number of unbranched alkanes of at least 4 members (excludes halogenated alkanes) is 9. The van der Waals surface area contributed by atoms with E-state index in [9.17, 15) is 57.1 Å². The van der Waals surface area contributed by atoms with Gasteiger partial charge in [0.1, 0.15) is 0 Å². The highest BCUT2D eigenvalue weighted by Gasteiger charge is 2.90. The van der Waals surface area contributed by atoms with Gasteiger partial charge in [-0.1, -0.05) is 51.4 Å². The number of hydrogen-bond acceptors (Lipinski definition) is 2. The molecule has 0 unspecified atom stereocenters. The Morgan fingerprint density at radius 2 is 0.932 bits per heavy atom. The molecular weight excluding hydrogens is 623 g/mol. The van der Waals surface area contributed by atoms with Gasteiger partial charge in [-0.15, -0.1) is 0 Å². The van der Waals surface area contributed by atoms with Crippen LogP contribution in [0.3, 0.4) is 0 Å². The molecule has 0 saturated carbocycles. The largest absolute Gasteiger partial charge is 0.460 e. The van der Waals surface area contributed by atoms with Gasteiger partial charge in [0.05, 0.1) is 11.4 Å². The van der Waals surface area contributed by atoms with E-state index in [0.29, 0.717) is 12.8 Å². The van der Waals surface area contributed by atoms with Gasteiger partial charge in [-0.25, -0.2) is 0 Å². The lowest BCUT2D eigenvalue weighted by Gasteiger charge is -2.39. The molecule has 0 radical (unpaired) electrons. The van der Waals surface area contributed by atoms with Crippen molar-refractivity contribution in [3.63, 3.8) is 0 Å². The van der Waals surface area contributed by atoms with Crippen molar-refractivity contribution in [2.24, 2.45) is 0 Å². The Morgan fingerprint density at radius 1 is 0.500 bits per heavy atom. The number of aromatic nitrogens is 2. The summed E-state index contributed by atoms with van der Waals surface area (Å²) < 4.78 is 171. The first kappa shape index (κ1) is 37.6. The fourth-order valence-corrected chi connectivity index (χ4v) is 4.50. The number of pyridine rings is 2. The van der Waals surface area contributed by atoms with Crippen molar-refractivity contribution >= 4 is 0 Å². The van der Waals surface area contributed by atoms with Gasteiger partial charge in [-0.2, -0.15) is 57.1 Å². The summed E-state index contributed by atoms with van der Waals surface area (Å²) in [5.41, 5.74) is 3.77. The molecule has 2 aromatic heterocycles. The predicted octanol–water partition coefficient (Wildman–Crippen LogP) is 11.0. The van der Waals surface area contributed by atoms with Gasteiger partial charge in [0.25, 0.3) is 0 Å². The third-order valence-electron chi connectivity index (χ3n) is 7.21. The standard InChI is InChI=1S/C29H33F13N2/c1-20-13-16-43-22(18-20)23-19-21(14-17-44-23)12-10-8-6-4-2-3-5-7-9-11-15-24(30,31)25(32,33)26(34,35)27(36,37)28(38,39)29(40,41)42/h13-14,16-19H,2-12,15H2,1H3. The SMILES string of the molecule is Cc1ccnc(-c2cc(CCCCCCCCCCCCC(F)(F)C(F)(F)C(F)(F)C(F)(F)C(F)(F)C(F)(F)F)ccn2)c1. The van der Waals surface area contributed by atoms with E-state index < -0.39 is 48.6 Å². The second-order valence-corrected chi connectivity index (χ2v) is 10.8. The van der Waals surface area contributed by atoms with Crippen molar-refractivity contribution in [3.8, 4) is 11.4 Å². The van der Waals surface area contributed by atoms with E-state index in [2.05, 4.69) is 9.97 Å². The molecular formula is C29H33F13N2. The first-order valence-electron chi connectivity index (χ1n) is 14.0. The van der Waals surface area contributed by atoms with Crippen LogP contribution in [0.15, 0.2) is 36.7 Å². The molecule has 250 valence electrons. The first-order chi connectivity index (χ1) is 20.2. The summed E-state index contributed by atoms with van der Waals surface area (Å²) in [6.07, 6.45) is -0.482. The van der Waals surface area contributed by atoms with E-state index in [1.165, 1.54) is 0 Å². The van der Waals surface area contributed by atoms with Crippen LogP contribution in [-0.2, 0) is 6.42 Å². The number of halogens is 13. The average Bonchev–Trinajstić information content (AvgIpc) is 2.92. The van der Waals surface area contributed by atoms with Crippen LogP contribution in [0.25, 0.3) is 11.4 Å². The molecule has 0 spiro atoms. The lowest BCUT2D eigenvalue weighted by molar-refractivity contribution is -0.440. The quantitative estimate of drug-likeness (QED) is 0.118. The molecule has 2 heterocycles. The van der Waals surface area contributed by atoms with Crippen LogP contribution in [0.4, 0.5) is 57.1 Å². The summed E-state index contributed by atoms with van der Waals surface area (Å²) >= 11 is 0. The maximum atomic E-state index is 13.8. The minimum Gasteiger partial charge on any atom is -0.255 e. The summed E-state index contributed by atoms with van der Waals surface area (Å²) in [6.45, 7) is 1.97. The van der Waals surface area contributed by atoms with Crippen LogP contribution in [0.5, 0.6) is 0 Å². The highest BCUT2D eigenvalue weighted by Crippen LogP contribution is 2.60. The Hall–Kier alpha value is -2.61. The maximum Gasteiger partial charge on any atom is 0.460 e. The third kappa shape index (κ3) is 8.55. The van der Waals surface area contributed by atoms with E-state index in [0.717, 1.165) is 61.0 Å². The minimum absolute atomic E-state index is 0.196. The summed E-state index contributed by atoms with van der Waals surface area (Å²) in [5.74, 6) is -36.4. The predicted molar refractivity (Wildman–Crippen MR) is 137 cm³/mol. The highest BCUT2D eigenvalue weighted by molar-refractivity contribution is 5.55. The molecule has 44 heavy (non-hydrogen) atoms. The van der Waals surface area contributed by atoms with E-state index in [4.69, 9.17) is 0 Å². The van der Waals surface area contributed by atoms with Crippen molar-refractivity contribution in [2.75, 3.05) is 0 Å². The molecule has 0 aliphatic rings. The highest BCUT2D eigenvalue weighted by atomic mass is 19.4. The smallest absolute Gasteiger partial charge is 0.255 e. The molecule has 0 aliphatic heterocycles. The Labute approximate surface area is 246 Å². The van der Waals surface area contributed by atoms with Crippen LogP contribution in [0.1, 0.15) is 81.8 Å². The average molecular weight is 657 g/mol. The summed E-state index contributed by atoms with van der Waals surface area (Å²) in [4.78, 5) is 8.69. The molecule has 2 nitrogen and oxygen atoms in total. The van der Waals surface area contributed by atoms with E-state index >= 15 is 0 Å². The Morgan fingerprint density at radius 3 is 1.43 bits per heavy atom. The normalized spacial score (nSPS) is 13.9. The molecule has 0 atom stereocenters. The molecule has 0 saturated heterocycles. The first-order valence-corrected chi connectivity index (χ1v) is 14.0. The summed E-state index contributed by atoms with van der Waals surface area (Å²) in [5, 5.41) is 0. The van der Waals surface area contributed by atoms with E-state index in [-0.39, 0.29) is 12.8 Å². The zero-order valence-electron chi connectivity index (χ0n) is 23.8. The van der Waals surface area contributed by atoms with Crippen molar-refractivity contribution < 1.29 is 57.1 Å². The zero-order valence-corrected chi connectivity index (χ0v) is 23.8. The van der Waals surface area contributed by atoms with Crippen molar-refractivity contribution in [3.05, 3.63) is 47.8 Å². The molecule has 0 aromatic carbocycles. The van der Waals surface area contributed by atoms with Gasteiger partial charge >= 0.3 is 35.8 Å². The van der Waals surface area contributed by atoms with Gasteiger partial charge in [0, 0.05) is 18.8 Å². The van der Waals surface area contributed by atoms with Crippen LogP contribution in [0, 0.1) is 6.92 Å². The van der Waals surface area contributed by atoms with Crippen molar-refractivity contribution in [2.45, 2.75) is 120 Å². The van der Waals surface area contributed by atoms with Crippen molar-refractivity contribution in [1.82, 2.24) is 9.97 Å². The second-order valence-electron chi connectivity index (χ2n) is 10.8. The molecule has 0 aliphatic carbocycles. The fraction of sp³-hybridized carbons (Fsp3) is 0.655. The van der Waals surface area contributed by atoms with Crippen LogP contribution < -0.4 is 0 Å². The lowest BCUT2D eigenvalue weighted by atomic mass is 9.91. The number of alkyl halides is 13. The topological polar surface area (TPSA) is 25.8 Å². The monoisotopic (exact) mass is 656 g/mol. The van der Waals surface area contributed by atoms with Gasteiger partial charge < -0.3 is 0 Å². The van der Waals surface area contributed by atoms with Gasteiger partial charge in [0.15, 0.2) is 0 Å². The van der Waals surface area contributed by atoms with Gasteiger partial charge in [-0.3, -0.25) is 9.97 Å². The summed E-state index contributed by atoms with van der Waals surface area (Å²) in [6, 6.07) is 7.77. The van der Waals surface area contributed by atoms with E-state index in [1.807, 2.05) is 31.2 Å².